The van der Waals surface area contributed by atoms with E-state index in [1.54, 1.807) is 11.3 Å². The van der Waals surface area contributed by atoms with Crippen LogP contribution in [0, 0.1) is 6.92 Å². The molecule has 0 saturated heterocycles. The monoisotopic (exact) mass is 407 g/mol. The van der Waals surface area contributed by atoms with Crippen molar-refractivity contribution in [3.05, 3.63) is 43.7 Å². The van der Waals surface area contributed by atoms with E-state index in [0.717, 1.165) is 40.1 Å². The number of rotatable bonds is 1. The summed E-state index contributed by atoms with van der Waals surface area (Å²) in [6, 6.07) is 3.70. The lowest BCUT2D eigenvalue weighted by Crippen LogP contribution is -2.38. The molecule has 0 aliphatic carbocycles. The van der Waals surface area contributed by atoms with Gasteiger partial charge in [-0.25, -0.2) is 0 Å². The van der Waals surface area contributed by atoms with Crippen LogP contribution >= 0.6 is 27.3 Å². The third-order valence-corrected chi connectivity index (χ3v) is 6.24. The number of fused-ring (bicyclic) bond motifs is 3. The van der Waals surface area contributed by atoms with Gasteiger partial charge in [-0.05, 0) is 43.7 Å². The fourth-order valence-corrected chi connectivity index (χ4v) is 5.32. The number of thiophene rings is 1. The number of hydrogen-bond acceptors (Lipinski definition) is 5. The van der Waals surface area contributed by atoms with Gasteiger partial charge in [-0.2, -0.15) is 0 Å². The Morgan fingerprint density at radius 1 is 1.38 bits per heavy atom. The van der Waals surface area contributed by atoms with Gasteiger partial charge in [0.25, 0.3) is 5.91 Å². The van der Waals surface area contributed by atoms with Gasteiger partial charge in [0.2, 0.25) is 0 Å². The molecule has 2 aliphatic rings. The number of hydrogen-bond donors (Lipinski definition) is 3. The van der Waals surface area contributed by atoms with E-state index in [2.05, 4.69) is 38.5 Å². The first kappa shape index (κ1) is 15.9. The van der Waals surface area contributed by atoms with E-state index >= 15 is 0 Å². The molecule has 4 rings (SSSR count). The number of aromatic hydroxyl groups is 1. The summed E-state index contributed by atoms with van der Waals surface area (Å²) in [5.41, 5.74) is 3.40. The van der Waals surface area contributed by atoms with E-state index < -0.39 is 6.17 Å². The standard InChI is InChI=1S/C17H18BrN3O2S/c1-8-5-9(18)6-11(14(8)22)15-19-16(23)13-10-3-4-21(2)7-12(10)24-17(13)20-15/h5-6,15,20,22H,3-4,7H2,1-2H3,(H,19,23). The summed E-state index contributed by atoms with van der Waals surface area (Å²) < 4.78 is 0.877. The first-order valence-corrected chi connectivity index (χ1v) is 9.44. The number of aryl methyl sites for hydroxylation is 1. The van der Waals surface area contributed by atoms with Crippen molar-refractivity contribution in [1.29, 1.82) is 0 Å². The molecule has 0 fully saturated rings. The molecule has 1 amide bonds. The van der Waals surface area contributed by atoms with Crippen LogP contribution in [0.4, 0.5) is 5.00 Å². The first-order chi connectivity index (χ1) is 11.4. The summed E-state index contributed by atoms with van der Waals surface area (Å²) in [5.74, 6) is 0.147. The lowest BCUT2D eigenvalue weighted by Gasteiger charge is -2.28. The van der Waals surface area contributed by atoms with Gasteiger partial charge in [0.1, 0.15) is 16.9 Å². The maximum atomic E-state index is 12.7. The van der Waals surface area contributed by atoms with Crippen molar-refractivity contribution in [3.63, 3.8) is 0 Å². The number of carbonyl (C=O) groups excluding carboxylic acids is 1. The molecule has 2 aromatic rings. The van der Waals surface area contributed by atoms with Crippen molar-refractivity contribution >= 4 is 38.2 Å². The van der Waals surface area contributed by atoms with Crippen LogP contribution in [0.1, 0.15) is 38.1 Å². The van der Waals surface area contributed by atoms with E-state index in [4.69, 9.17) is 0 Å². The highest BCUT2D eigenvalue weighted by molar-refractivity contribution is 9.10. The highest BCUT2D eigenvalue weighted by atomic mass is 79.9. The van der Waals surface area contributed by atoms with Crippen molar-refractivity contribution < 1.29 is 9.90 Å². The fraction of sp³-hybridized carbons (Fsp3) is 0.353. The van der Waals surface area contributed by atoms with Gasteiger partial charge in [-0.15, -0.1) is 11.3 Å². The second-order valence-corrected chi connectivity index (χ2v) is 8.43. The Labute approximate surface area is 152 Å². The number of nitrogens with one attached hydrogen (secondary N) is 2. The predicted molar refractivity (Wildman–Crippen MR) is 98.7 cm³/mol. The number of benzene rings is 1. The predicted octanol–water partition coefficient (Wildman–Crippen LogP) is 3.37. The van der Waals surface area contributed by atoms with Crippen LogP contribution in [0.2, 0.25) is 0 Å². The zero-order valence-corrected chi connectivity index (χ0v) is 15.8. The number of carbonyl (C=O) groups is 1. The smallest absolute Gasteiger partial charge is 0.256 e. The highest BCUT2D eigenvalue weighted by Gasteiger charge is 2.33. The SMILES string of the molecule is Cc1cc(Br)cc(C2NC(=O)c3c(sc4c3CCN(C)C4)N2)c1O. The van der Waals surface area contributed by atoms with Crippen LogP contribution in [0.3, 0.4) is 0 Å². The zero-order chi connectivity index (χ0) is 17.0. The Hall–Kier alpha value is -1.57. The summed E-state index contributed by atoms with van der Waals surface area (Å²) in [6.45, 7) is 3.70. The molecule has 126 valence electrons. The molecular weight excluding hydrogens is 390 g/mol. The third kappa shape index (κ3) is 2.51. The van der Waals surface area contributed by atoms with Crippen LogP contribution < -0.4 is 10.6 Å². The second-order valence-electron chi connectivity index (χ2n) is 6.41. The highest BCUT2D eigenvalue weighted by Crippen LogP contribution is 2.42. The summed E-state index contributed by atoms with van der Waals surface area (Å²) in [7, 11) is 2.10. The molecule has 7 heteroatoms. The summed E-state index contributed by atoms with van der Waals surface area (Å²) in [4.78, 5) is 16.2. The average molecular weight is 408 g/mol. The lowest BCUT2D eigenvalue weighted by atomic mass is 10.00. The molecule has 3 heterocycles. The molecule has 1 unspecified atom stereocenters. The Balaban J connectivity index is 1.74. The van der Waals surface area contributed by atoms with Crippen LogP contribution in [-0.4, -0.2) is 29.5 Å². The normalized spacial score (nSPS) is 20.1. The molecule has 2 aliphatic heterocycles. The van der Waals surface area contributed by atoms with Crippen LogP contribution in [0.25, 0.3) is 0 Å². The number of anilines is 1. The Kier molecular flexibility index (Phi) is 3.82. The van der Waals surface area contributed by atoms with Gasteiger partial charge in [0.15, 0.2) is 0 Å². The van der Waals surface area contributed by atoms with Crippen molar-refractivity contribution in [2.75, 3.05) is 18.9 Å². The fourth-order valence-electron chi connectivity index (χ4n) is 3.38. The van der Waals surface area contributed by atoms with Gasteiger partial charge >= 0.3 is 0 Å². The van der Waals surface area contributed by atoms with Gasteiger partial charge < -0.3 is 20.6 Å². The zero-order valence-electron chi connectivity index (χ0n) is 13.4. The summed E-state index contributed by atoms with van der Waals surface area (Å²) in [5, 5.41) is 17.7. The number of halogens is 1. The number of phenols is 1. The van der Waals surface area contributed by atoms with Gasteiger partial charge in [-0.3, -0.25) is 4.79 Å². The van der Waals surface area contributed by atoms with E-state index in [9.17, 15) is 9.90 Å². The lowest BCUT2D eigenvalue weighted by molar-refractivity contribution is 0.0934. The van der Waals surface area contributed by atoms with Crippen molar-refractivity contribution in [2.24, 2.45) is 0 Å². The number of likely N-dealkylation sites (N-methyl/N-ethyl adjacent to an activating group) is 1. The molecule has 5 nitrogen and oxygen atoms in total. The van der Waals surface area contributed by atoms with E-state index in [1.807, 2.05) is 19.1 Å². The summed E-state index contributed by atoms with van der Waals surface area (Å²) in [6.07, 6.45) is 0.470. The molecule has 0 saturated carbocycles. The Morgan fingerprint density at radius 3 is 2.96 bits per heavy atom. The Morgan fingerprint density at radius 2 is 2.17 bits per heavy atom. The maximum Gasteiger partial charge on any atom is 0.256 e. The summed E-state index contributed by atoms with van der Waals surface area (Å²) >= 11 is 5.11. The molecule has 0 radical (unpaired) electrons. The second kappa shape index (κ2) is 5.75. The van der Waals surface area contributed by atoms with E-state index in [1.165, 1.54) is 10.4 Å². The van der Waals surface area contributed by atoms with Crippen LogP contribution in [0.15, 0.2) is 16.6 Å². The minimum absolute atomic E-state index is 0.0622. The number of phenolic OH excluding ortho intramolecular Hbond substituents is 1. The minimum atomic E-state index is -0.431. The number of nitrogens with zero attached hydrogens (tertiary/aromatic N) is 1. The average Bonchev–Trinajstić information content (AvgIpc) is 2.88. The van der Waals surface area contributed by atoms with Crippen LogP contribution in [-0.2, 0) is 13.0 Å². The van der Waals surface area contributed by atoms with Crippen LogP contribution in [0.5, 0.6) is 5.75 Å². The van der Waals surface area contributed by atoms with Crippen molar-refractivity contribution in [2.45, 2.75) is 26.1 Å². The first-order valence-electron chi connectivity index (χ1n) is 7.83. The van der Waals surface area contributed by atoms with Gasteiger partial charge in [0, 0.05) is 28.0 Å². The van der Waals surface area contributed by atoms with Crippen molar-refractivity contribution in [1.82, 2.24) is 10.2 Å². The molecule has 1 atom stereocenters. The molecule has 24 heavy (non-hydrogen) atoms. The largest absolute Gasteiger partial charge is 0.507 e. The van der Waals surface area contributed by atoms with E-state index in [-0.39, 0.29) is 11.7 Å². The quantitative estimate of drug-likeness (QED) is 0.677. The Bertz CT molecular complexity index is 849. The molecule has 1 aromatic heterocycles. The maximum absolute atomic E-state index is 12.7. The van der Waals surface area contributed by atoms with Crippen molar-refractivity contribution in [3.8, 4) is 5.75 Å². The molecule has 0 spiro atoms. The molecule has 0 bridgehead atoms. The number of amides is 1. The van der Waals surface area contributed by atoms with Gasteiger partial charge in [-0.1, -0.05) is 15.9 Å². The topological polar surface area (TPSA) is 64.6 Å². The molecule has 3 N–H and O–H groups in total. The minimum Gasteiger partial charge on any atom is -0.507 e. The third-order valence-electron chi connectivity index (χ3n) is 4.63. The molecule has 1 aromatic carbocycles. The van der Waals surface area contributed by atoms with E-state index in [0.29, 0.717) is 5.56 Å². The van der Waals surface area contributed by atoms with Gasteiger partial charge in [0.05, 0.1) is 5.56 Å². The molecular formula is C17H18BrN3O2S.